The highest BCUT2D eigenvalue weighted by molar-refractivity contribution is 5.72. The summed E-state index contributed by atoms with van der Waals surface area (Å²) >= 11 is 0. The number of aromatic nitrogens is 1. The Bertz CT molecular complexity index is 1120. The fourth-order valence-corrected chi connectivity index (χ4v) is 3.51. The van der Waals surface area contributed by atoms with Gasteiger partial charge in [-0.1, -0.05) is 67.6 Å². The maximum Gasteiger partial charge on any atom is 0.326 e. The van der Waals surface area contributed by atoms with Crippen LogP contribution in [0, 0.1) is 0 Å². The molecule has 0 aliphatic heterocycles. The third kappa shape index (κ3) is 5.24. The highest BCUT2D eigenvalue weighted by Crippen LogP contribution is 2.34. The molecule has 0 bridgehead atoms. The van der Waals surface area contributed by atoms with Crippen molar-refractivity contribution >= 4 is 11.9 Å². The maximum absolute atomic E-state index is 12.9. The van der Waals surface area contributed by atoms with Crippen LogP contribution in [0.5, 0.6) is 5.75 Å². The second kappa shape index (κ2) is 10.4. The predicted molar refractivity (Wildman–Crippen MR) is 118 cm³/mol. The number of carboxylic acid groups (broad SMARTS) is 1. The number of pyridine rings is 1. The van der Waals surface area contributed by atoms with Gasteiger partial charge in [0.2, 0.25) is 5.43 Å². The highest BCUT2D eigenvalue weighted by atomic mass is 16.5. The Kier molecular flexibility index (Phi) is 7.44. The van der Waals surface area contributed by atoms with Gasteiger partial charge >= 0.3 is 11.9 Å². The van der Waals surface area contributed by atoms with Crippen LogP contribution in [0.3, 0.4) is 0 Å². The average molecular weight is 435 g/mol. The van der Waals surface area contributed by atoms with Crippen molar-refractivity contribution in [1.29, 1.82) is 0 Å². The van der Waals surface area contributed by atoms with E-state index in [1.807, 2.05) is 36.4 Å². The summed E-state index contributed by atoms with van der Waals surface area (Å²) in [5, 5.41) is 9.81. The van der Waals surface area contributed by atoms with Gasteiger partial charge in [0.05, 0.1) is 0 Å². The van der Waals surface area contributed by atoms with Crippen LogP contribution < -0.4 is 10.2 Å². The Hall–Kier alpha value is -3.87. The maximum atomic E-state index is 12.9. The van der Waals surface area contributed by atoms with Crippen molar-refractivity contribution < 1.29 is 24.2 Å². The number of ether oxygens (including phenoxy) is 2. The molecule has 7 nitrogen and oxygen atoms in total. The van der Waals surface area contributed by atoms with Crippen molar-refractivity contribution in [3.05, 3.63) is 100.0 Å². The number of carboxylic acids is 1. The second-order valence-electron chi connectivity index (χ2n) is 7.24. The van der Waals surface area contributed by atoms with Gasteiger partial charge in [-0.2, -0.15) is 0 Å². The first-order valence-electron chi connectivity index (χ1n) is 10.3. The number of hydrogen-bond acceptors (Lipinski definition) is 5. The lowest BCUT2D eigenvalue weighted by Gasteiger charge is -2.27. The topological polar surface area (TPSA) is 94.8 Å². The van der Waals surface area contributed by atoms with E-state index in [0.29, 0.717) is 5.56 Å². The number of aliphatic carboxylic acids is 1. The average Bonchev–Trinajstić information content (AvgIpc) is 2.79. The van der Waals surface area contributed by atoms with E-state index in [4.69, 9.17) is 9.47 Å². The number of hydrogen-bond donors (Lipinski definition) is 1. The summed E-state index contributed by atoms with van der Waals surface area (Å²) in [6, 6.07) is 18.4. The second-order valence-corrected chi connectivity index (χ2v) is 7.24. The van der Waals surface area contributed by atoms with Crippen LogP contribution >= 0.6 is 0 Å². The third-order valence-electron chi connectivity index (χ3n) is 4.99. The minimum absolute atomic E-state index is 0.0499. The molecule has 0 saturated carbocycles. The molecule has 2 atom stereocenters. The molecule has 1 aromatic heterocycles. The van der Waals surface area contributed by atoms with Crippen LogP contribution in [-0.2, 0) is 20.9 Å². The standard InChI is InChI=1S/C25H25NO6/c1-3-20(25(29)30)26-15-14-21(28)24(31-16-18-10-6-4-7-11-18)22(26)23(32-17(2)27)19-12-8-5-9-13-19/h4-15,20,23H,3,16H2,1-2H3,(H,29,30). The zero-order valence-corrected chi connectivity index (χ0v) is 17.9. The number of benzene rings is 2. The van der Waals surface area contributed by atoms with E-state index >= 15 is 0 Å². The van der Waals surface area contributed by atoms with Crippen LogP contribution in [-0.4, -0.2) is 21.6 Å². The van der Waals surface area contributed by atoms with Crippen LogP contribution in [0.1, 0.15) is 49.2 Å². The van der Waals surface area contributed by atoms with Gasteiger partial charge in [-0.05, 0) is 17.5 Å². The minimum Gasteiger partial charge on any atom is -0.483 e. The van der Waals surface area contributed by atoms with Crippen molar-refractivity contribution in [2.75, 3.05) is 0 Å². The van der Waals surface area contributed by atoms with E-state index in [2.05, 4.69) is 0 Å². The normalized spacial score (nSPS) is 12.6. The van der Waals surface area contributed by atoms with Gasteiger partial charge in [0.25, 0.3) is 0 Å². The lowest BCUT2D eigenvalue weighted by Crippen LogP contribution is -2.28. The quantitative estimate of drug-likeness (QED) is 0.508. The van der Waals surface area contributed by atoms with Crippen LogP contribution in [0.15, 0.2) is 77.7 Å². The number of esters is 1. The molecule has 166 valence electrons. The fourth-order valence-electron chi connectivity index (χ4n) is 3.51. The van der Waals surface area contributed by atoms with Gasteiger partial charge in [-0.15, -0.1) is 0 Å². The van der Waals surface area contributed by atoms with Crippen molar-refractivity contribution in [1.82, 2.24) is 4.57 Å². The van der Waals surface area contributed by atoms with Gasteiger partial charge in [-0.25, -0.2) is 4.79 Å². The van der Waals surface area contributed by atoms with E-state index in [-0.39, 0.29) is 24.5 Å². The highest BCUT2D eigenvalue weighted by Gasteiger charge is 2.31. The van der Waals surface area contributed by atoms with Gasteiger partial charge in [-0.3, -0.25) is 9.59 Å². The van der Waals surface area contributed by atoms with E-state index in [9.17, 15) is 19.5 Å². The Morgan fingerprint density at radius 1 is 1.00 bits per heavy atom. The van der Waals surface area contributed by atoms with Gasteiger partial charge in [0.15, 0.2) is 11.9 Å². The molecule has 0 aliphatic carbocycles. The first kappa shape index (κ1) is 22.8. The molecule has 2 unspecified atom stereocenters. The number of carbonyl (C=O) groups excluding carboxylic acids is 1. The summed E-state index contributed by atoms with van der Waals surface area (Å²) in [4.78, 5) is 36.9. The van der Waals surface area contributed by atoms with Crippen molar-refractivity contribution in [3.63, 3.8) is 0 Å². The molecule has 0 aliphatic rings. The van der Waals surface area contributed by atoms with Crippen molar-refractivity contribution in [2.24, 2.45) is 0 Å². The van der Waals surface area contributed by atoms with Gasteiger partial charge in [0, 0.05) is 19.2 Å². The summed E-state index contributed by atoms with van der Waals surface area (Å²) in [5.41, 5.74) is 1.18. The molecule has 0 saturated heterocycles. The molecule has 1 N–H and O–H groups in total. The fraction of sp³-hybridized carbons (Fsp3) is 0.240. The van der Waals surface area contributed by atoms with Crippen LogP contribution in [0.4, 0.5) is 0 Å². The Morgan fingerprint density at radius 3 is 2.19 bits per heavy atom. The molecule has 0 radical (unpaired) electrons. The monoisotopic (exact) mass is 435 g/mol. The smallest absolute Gasteiger partial charge is 0.326 e. The number of rotatable bonds is 9. The molecule has 3 rings (SSSR count). The van der Waals surface area contributed by atoms with E-state index < -0.39 is 29.5 Å². The van der Waals surface area contributed by atoms with Crippen LogP contribution in [0.2, 0.25) is 0 Å². The zero-order chi connectivity index (χ0) is 23.1. The SMILES string of the molecule is CCC(C(=O)O)n1ccc(=O)c(OCc2ccccc2)c1C(OC(C)=O)c1ccccc1. The lowest BCUT2D eigenvalue weighted by molar-refractivity contribution is -0.145. The molecule has 7 heteroatoms. The van der Waals surface area contributed by atoms with E-state index in [0.717, 1.165) is 5.56 Å². The van der Waals surface area contributed by atoms with Gasteiger partial charge < -0.3 is 19.1 Å². The molecule has 1 heterocycles. The summed E-state index contributed by atoms with van der Waals surface area (Å²) in [6.07, 6.45) is 0.640. The molecule has 2 aromatic carbocycles. The van der Waals surface area contributed by atoms with Gasteiger partial charge in [0.1, 0.15) is 18.3 Å². The Morgan fingerprint density at radius 2 is 1.62 bits per heavy atom. The molecule has 32 heavy (non-hydrogen) atoms. The van der Waals surface area contributed by atoms with E-state index in [1.54, 1.807) is 31.2 Å². The Labute approximate surface area is 185 Å². The molecular formula is C25H25NO6. The summed E-state index contributed by atoms with van der Waals surface area (Å²) in [6.45, 7) is 3.09. The van der Waals surface area contributed by atoms with E-state index in [1.165, 1.54) is 23.8 Å². The van der Waals surface area contributed by atoms with Crippen molar-refractivity contribution in [2.45, 2.75) is 39.0 Å². The lowest BCUT2D eigenvalue weighted by atomic mass is 10.0. The van der Waals surface area contributed by atoms with Crippen LogP contribution in [0.25, 0.3) is 0 Å². The van der Waals surface area contributed by atoms with Crippen molar-refractivity contribution in [3.8, 4) is 5.75 Å². The summed E-state index contributed by atoms with van der Waals surface area (Å²) < 4.78 is 13.0. The molecular weight excluding hydrogens is 410 g/mol. The number of nitrogens with zero attached hydrogens (tertiary/aromatic N) is 1. The molecule has 3 aromatic rings. The minimum atomic E-state index is -1.07. The largest absolute Gasteiger partial charge is 0.483 e. The first-order chi connectivity index (χ1) is 15.4. The third-order valence-corrected chi connectivity index (χ3v) is 4.99. The molecule has 0 amide bonds. The zero-order valence-electron chi connectivity index (χ0n) is 17.9. The summed E-state index contributed by atoms with van der Waals surface area (Å²) in [5.74, 6) is -1.69. The predicted octanol–water partition coefficient (Wildman–Crippen LogP) is 4.12. The first-order valence-corrected chi connectivity index (χ1v) is 10.3. The molecule has 0 fully saturated rings. The Balaban J connectivity index is 2.22. The summed E-state index contributed by atoms with van der Waals surface area (Å²) in [7, 11) is 0. The molecule has 0 spiro atoms. The number of carbonyl (C=O) groups is 2.